The lowest BCUT2D eigenvalue weighted by Crippen LogP contribution is -2.56. The van der Waals surface area contributed by atoms with Crippen molar-refractivity contribution in [1.82, 2.24) is 20.9 Å². The minimum atomic E-state index is -1.08. The first-order valence-corrected chi connectivity index (χ1v) is 17.7. The standard InChI is InChI=1S/C39H47N9O5/c40-39(41)42-23-10-17-31(46-37(52)32(22-24-49)44-29-15-8-3-9-16-29)36(51)47-33(25-28-13-6-2-7-14-28)38(53)45-30-19-20-34(43-26-30)48-35(50)21-18-27-11-4-1-5-12-27/h1-2,4-7,11-14,18-22,26,29,31-33,44H,3,8-10,15-17,23,25H2,(H,45,53)(H,46,52)(H,47,51)(H4,40,41,42)(H,43,48,50)/t31-,32-,33-/m0/s1. The van der Waals surface area contributed by atoms with E-state index in [0.717, 1.165) is 49.3 Å². The van der Waals surface area contributed by atoms with E-state index >= 15 is 0 Å². The van der Waals surface area contributed by atoms with E-state index in [4.69, 9.17) is 11.5 Å². The predicted octanol–water partition coefficient (Wildman–Crippen LogP) is 2.62. The van der Waals surface area contributed by atoms with Crippen LogP contribution in [0.2, 0.25) is 0 Å². The molecular formula is C39H47N9O5. The molecule has 14 nitrogen and oxygen atoms in total. The molecule has 4 rings (SSSR count). The van der Waals surface area contributed by atoms with Crippen LogP contribution in [-0.4, -0.2) is 71.2 Å². The normalized spacial score (nSPS) is 14.5. The maximum Gasteiger partial charge on any atom is 0.249 e. The first kappa shape index (κ1) is 39.7. The molecule has 0 saturated heterocycles. The number of amides is 4. The van der Waals surface area contributed by atoms with Crippen molar-refractivity contribution in [2.75, 3.05) is 17.2 Å². The molecule has 53 heavy (non-hydrogen) atoms. The maximum absolute atomic E-state index is 13.9. The second kappa shape index (κ2) is 21.3. The smallest absolute Gasteiger partial charge is 0.249 e. The Morgan fingerprint density at radius 1 is 0.849 bits per heavy atom. The highest BCUT2D eigenvalue weighted by Gasteiger charge is 2.30. The minimum absolute atomic E-state index is 0.0495. The molecule has 0 aliphatic heterocycles. The Hall–Kier alpha value is -6.11. The van der Waals surface area contributed by atoms with Crippen LogP contribution in [0, 0.1) is 0 Å². The zero-order chi connectivity index (χ0) is 37.8. The average Bonchev–Trinajstić information content (AvgIpc) is 3.16. The maximum atomic E-state index is 13.9. The van der Waals surface area contributed by atoms with E-state index in [1.807, 2.05) is 60.7 Å². The summed E-state index contributed by atoms with van der Waals surface area (Å²) in [4.78, 5) is 73.0. The second-order valence-corrected chi connectivity index (χ2v) is 12.7. The lowest BCUT2D eigenvalue weighted by molar-refractivity contribution is -0.131. The summed E-state index contributed by atoms with van der Waals surface area (Å²) in [7, 11) is 0. The highest BCUT2D eigenvalue weighted by atomic mass is 16.2. The van der Waals surface area contributed by atoms with E-state index in [9.17, 15) is 24.0 Å². The summed E-state index contributed by atoms with van der Waals surface area (Å²) in [5, 5.41) is 14.3. The molecule has 1 aromatic heterocycles. The Kier molecular flexibility index (Phi) is 15.9. The zero-order valence-corrected chi connectivity index (χ0v) is 29.5. The van der Waals surface area contributed by atoms with Crippen molar-refractivity contribution in [3.63, 3.8) is 0 Å². The fourth-order valence-corrected chi connectivity index (χ4v) is 5.83. The molecule has 1 aliphatic carbocycles. The summed E-state index contributed by atoms with van der Waals surface area (Å²) in [6.45, 7) is 0.209. The number of nitrogens with zero attached hydrogens (tertiary/aromatic N) is 2. The van der Waals surface area contributed by atoms with Crippen molar-refractivity contribution < 1.29 is 24.0 Å². The SMILES string of the molecule is NC(N)=NCCC[C@H](NC(=O)[C@H](C=C=O)NC1CCCCC1)C(=O)N[C@@H](Cc1ccccc1)C(=O)Nc1ccc(NC(=O)C=Cc2ccccc2)nc1. The van der Waals surface area contributed by atoms with Crippen molar-refractivity contribution in [3.05, 3.63) is 102 Å². The van der Waals surface area contributed by atoms with Crippen LogP contribution >= 0.6 is 0 Å². The monoisotopic (exact) mass is 721 g/mol. The van der Waals surface area contributed by atoms with Gasteiger partial charge in [-0.1, -0.05) is 79.9 Å². The largest absolute Gasteiger partial charge is 0.370 e. The van der Waals surface area contributed by atoms with E-state index in [0.29, 0.717) is 12.1 Å². The fourth-order valence-electron chi connectivity index (χ4n) is 5.83. The zero-order valence-electron chi connectivity index (χ0n) is 29.5. The number of benzene rings is 2. The van der Waals surface area contributed by atoms with Crippen molar-refractivity contribution in [2.24, 2.45) is 16.5 Å². The van der Waals surface area contributed by atoms with Crippen LogP contribution in [0.1, 0.15) is 56.1 Å². The number of aliphatic imine (C=N–C) groups is 1. The number of nitrogens with one attached hydrogen (secondary N) is 5. The molecule has 2 aromatic carbocycles. The molecule has 1 heterocycles. The molecule has 14 heteroatoms. The average molecular weight is 722 g/mol. The third kappa shape index (κ3) is 14.2. The van der Waals surface area contributed by atoms with Gasteiger partial charge in [-0.2, -0.15) is 0 Å². The summed E-state index contributed by atoms with van der Waals surface area (Å²) in [5.74, 6) is -0.205. The Morgan fingerprint density at radius 2 is 1.55 bits per heavy atom. The highest BCUT2D eigenvalue weighted by Crippen LogP contribution is 2.18. The molecule has 3 aromatic rings. The van der Waals surface area contributed by atoms with E-state index in [1.54, 1.807) is 24.2 Å². The molecule has 278 valence electrons. The Balaban J connectivity index is 1.46. The number of nitrogens with two attached hydrogens (primary N) is 2. The number of hydrogen-bond donors (Lipinski definition) is 7. The van der Waals surface area contributed by atoms with E-state index in [1.165, 1.54) is 12.3 Å². The van der Waals surface area contributed by atoms with Gasteiger partial charge in [0.25, 0.3) is 0 Å². The van der Waals surface area contributed by atoms with Crippen LogP contribution in [-0.2, 0) is 30.4 Å². The number of anilines is 2. The van der Waals surface area contributed by atoms with Gasteiger partial charge in [0.15, 0.2) is 5.96 Å². The first-order chi connectivity index (χ1) is 25.7. The third-order valence-corrected chi connectivity index (χ3v) is 8.54. The van der Waals surface area contributed by atoms with Gasteiger partial charge in [-0.25, -0.2) is 9.78 Å². The van der Waals surface area contributed by atoms with Crippen LogP contribution in [0.4, 0.5) is 11.5 Å². The molecule has 1 aliphatic rings. The van der Waals surface area contributed by atoms with Gasteiger partial charge < -0.3 is 32.7 Å². The molecular weight excluding hydrogens is 674 g/mol. The molecule has 0 spiro atoms. The highest BCUT2D eigenvalue weighted by molar-refractivity contribution is 6.02. The van der Waals surface area contributed by atoms with E-state index in [-0.39, 0.29) is 43.1 Å². The number of rotatable bonds is 18. The molecule has 1 saturated carbocycles. The summed E-state index contributed by atoms with van der Waals surface area (Å²) in [6.07, 6.45) is 11.1. The predicted molar refractivity (Wildman–Crippen MR) is 205 cm³/mol. The van der Waals surface area contributed by atoms with Crippen LogP contribution in [0.5, 0.6) is 0 Å². The van der Waals surface area contributed by atoms with E-state index in [2.05, 4.69) is 36.6 Å². The lowest BCUT2D eigenvalue weighted by atomic mass is 9.95. The van der Waals surface area contributed by atoms with Gasteiger partial charge in [0, 0.05) is 31.2 Å². The van der Waals surface area contributed by atoms with Crippen molar-refractivity contribution in [1.29, 1.82) is 0 Å². The van der Waals surface area contributed by atoms with Gasteiger partial charge in [-0.3, -0.25) is 29.5 Å². The van der Waals surface area contributed by atoms with Gasteiger partial charge in [-0.05, 0) is 55.0 Å². The molecule has 4 amide bonds. The second-order valence-electron chi connectivity index (χ2n) is 12.7. The van der Waals surface area contributed by atoms with Gasteiger partial charge in [-0.15, -0.1) is 0 Å². The molecule has 1 fully saturated rings. The first-order valence-electron chi connectivity index (χ1n) is 17.7. The number of guanidine groups is 1. The Bertz CT molecular complexity index is 1750. The number of hydrogen-bond acceptors (Lipinski definition) is 8. The third-order valence-electron chi connectivity index (χ3n) is 8.54. The Labute approximate surface area is 309 Å². The number of pyridine rings is 1. The lowest BCUT2D eigenvalue weighted by Gasteiger charge is -2.28. The quantitative estimate of drug-likeness (QED) is 0.0337. The molecule has 0 radical (unpaired) electrons. The van der Waals surface area contributed by atoms with Gasteiger partial charge >= 0.3 is 0 Å². The van der Waals surface area contributed by atoms with Crippen LogP contribution in [0.25, 0.3) is 6.08 Å². The van der Waals surface area contributed by atoms with Crippen LogP contribution in [0.3, 0.4) is 0 Å². The number of carbonyl (C=O) groups excluding carboxylic acids is 5. The number of carbonyl (C=O) groups is 4. The topological polar surface area (TPSA) is 223 Å². The summed E-state index contributed by atoms with van der Waals surface area (Å²) in [6, 6.07) is 18.6. The summed E-state index contributed by atoms with van der Waals surface area (Å²) in [5.41, 5.74) is 12.9. The molecule has 0 bridgehead atoms. The van der Waals surface area contributed by atoms with Gasteiger partial charge in [0.1, 0.15) is 29.9 Å². The molecule has 3 atom stereocenters. The van der Waals surface area contributed by atoms with Gasteiger partial charge in [0.2, 0.25) is 23.6 Å². The number of aromatic nitrogens is 1. The summed E-state index contributed by atoms with van der Waals surface area (Å²) < 4.78 is 0. The minimum Gasteiger partial charge on any atom is -0.370 e. The Morgan fingerprint density at radius 3 is 2.21 bits per heavy atom. The fraction of sp³-hybridized carbons (Fsp3) is 0.333. The van der Waals surface area contributed by atoms with Crippen molar-refractivity contribution in [2.45, 2.75) is 75.5 Å². The van der Waals surface area contributed by atoms with Crippen LogP contribution in [0.15, 0.2) is 96.1 Å². The molecule has 9 N–H and O–H groups in total. The van der Waals surface area contributed by atoms with Crippen LogP contribution < -0.4 is 38.1 Å². The molecule has 0 unspecified atom stereocenters. The van der Waals surface area contributed by atoms with Crippen molar-refractivity contribution in [3.8, 4) is 0 Å². The van der Waals surface area contributed by atoms with Crippen molar-refractivity contribution >= 4 is 53.1 Å². The summed E-state index contributed by atoms with van der Waals surface area (Å²) >= 11 is 0. The van der Waals surface area contributed by atoms with E-state index < -0.39 is 35.8 Å². The van der Waals surface area contributed by atoms with Gasteiger partial charge in [0.05, 0.1) is 11.9 Å².